The van der Waals surface area contributed by atoms with Gasteiger partial charge in [0.15, 0.2) is 0 Å². The maximum atomic E-state index is 12.4. The Hall–Kier alpha value is -3.02. The van der Waals surface area contributed by atoms with Gasteiger partial charge < -0.3 is 5.32 Å². The summed E-state index contributed by atoms with van der Waals surface area (Å²) in [5, 5.41) is 7.18. The van der Waals surface area contributed by atoms with Gasteiger partial charge in [0, 0.05) is 11.3 Å². The summed E-state index contributed by atoms with van der Waals surface area (Å²) in [5.41, 5.74) is 5.03. The first-order valence-electron chi connectivity index (χ1n) is 7.68. The average Bonchev–Trinajstić information content (AvgIpc) is 2.89. The van der Waals surface area contributed by atoms with Crippen molar-refractivity contribution in [1.29, 1.82) is 0 Å². The summed E-state index contributed by atoms with van der Waals surface area (Å²) in [6.45, 7) is 7.74. The van der Waals surface area contributed by atoms with Gasteiger partial charge in [0.25, 0.3) is 11.9 Å². The first kappa shape index (κ1) is 15.9. The lowest BCUT2D eigenvalue weighted by atomic mass is 10.1. The zero-order chi connectivity index (χ0) is 17.3. The molecule has 0 saturated carbocycles. The van der Waals surface area contributed by atoms with Gasteiger partial charge in [0.1, 0.15) is 0 Å². The molecule has 24 heavy (non-hydrogen) atoms. The van der Waals surface area contributed by atoms with Crippen molar-refractivity contribution < 1.29 is 4.79 Å². The van der Waals surface area contributed by atoms with Crippen LogP contribution in [0.1, 0.15) is 32.9 Å². The normalized spacial score (nSPS) is 10.7. The highest BCUT2D eigenvalue weighted by Gasteiger charge is 2.11. The van der Waals surface area contributed by atoms with Gasteiger partial charge in [-0.2, -0.15) is 5.10 Å². The number of rotatable bonds is 3. The highest BCUT2D eigenvalue weighted by atomic mass is 16.1. The molecular formula is C18H19N5O. The van der Waals surface area contributed by atoms with E-state index in [9.17, 15) is 4.79 Å². The summed E-state index contributed by atoms with van der Waals surface area (Å²) < 4.78 is 1.67. The van der Waals surface area contributed by atoms with Crippen LogP contribution in [-0.4, -0.2) is 25.7 Å². The van der Waals surface area contributed by atoms with E-state index in [1.165, 1.54) is 0 Å². The van der Waals surface area contributed by atoms with Crippen LogP contribution < -0.4 is 5.32 Å². The van der Waals surface area contributed by atoms with Crippen LogP contribution in [0.15, 0.2) is 36.7 Å². The number of aryl methyl sites for hydroxylation is 4. The molecule has 3 rings (SSSR count). The van der Waals surface area contributed by atoms with Crippen molar-refractivity contribution in [3.8, 4) is 5.95 Å². The molecule has 0 aliphatic carbocycles. The number of benzene rings is 1. The SMILES string of the molecule is Cc1ccc(C)c(C(=O)Nc2cnc(-n3nc(C)cc3C)nc2)c1. The fourth-order valence-electron chi connectivity index (χ4n) is 2.51. The highest BCUT2D eigenvalue weighted by Crippen LogP contribution is 2.14. The summed E-state index contributed by atoms with van der Waals surface area (Å²) in [4.78, 5) is 21.0. The van der Waals surface area contributed by atoms with Crippen molar-refractivity contribution in [1.82, 2.24) is 19.7 Å². The van der Waals surface area contributed by atoms with E-state index >= 15 is 0 Å². The average molecular weight is 321 g/mol. The van der Waals surface area contributed by atoms with E-state index in [1.54, 1.807) is 17.1 Å². The molecule has 0 fully saturated rings. The van der Waals surface area contributed by atoms with Crippen LogP contribution in [0.5, 0.6) is 0 Å². The topological polar surface area (TPSA) is 72.7 Å². The first-order valence-corrected chi connectivity index (χ1v) is 7.68. The second-order valence-corrected chi connectivity index (χ2v) is 5.88. The number of carbonyl (C=O) groups excluding carboxylic acids is 1. The van der Waals surface area contributed by atoms with Crippen LogP contribution in [-0.2, 0) is 0 Å². The van der Waals surface area contributed by atoms with Gasteiger partial charge in [0.05, 0.1) is 23.8 Å². The summed E-state index contributed by atoms with van der Waals surface area (Å²) in [7, 11) is 0. The number of carbonyl (C=O) groups is 1. The molecule has 6 heteroatoms. The Labute approximate surface area is 140 Å². The number of hydrogen-bond donors (Lipinski definition) is 1. The third-order valence-electron chi connectivity index (χ3n) is 3.73. The number of hydrogen-bond acceptors (Lipinski definition) is 4. The fourth-order valence-corrected chi connectivity index (χ4v) is 2.51. The minimum atomic E-state index is -0.168. The predicted molar refractivity (Wildman–Crippen MR) is 92.5 cm³/mol. The lowest BCUT2D eigenvalue weighted by Crippen LogP contribution is -2.14. The summed E-state index contributed by atoms with van der Waals surface area (Å²) in [5.74, 6) is 0.309. The smallest absolute Gasteiger partial charge is 0.256 e. The van der Waals surface area contributed by atoms with Gasteiger partial charge in [-0.3, -0.25) is 4.79 Å². The van der Waals surface area contributed by atoms with Gasteiger partial charge in [-0.1, -0.05) is 17.7 Å². The lowest BCUT2D eigenvalue weighted by molar-refractivity contribution is 0.102. The van der Waals surface area contributed by atoms with Crippen LogP contribution in [0.2, 0.25) is 0 Å². The second-order valence-electron chi connectivity index (χ2n) is 5.88. The molecule has 0 aliphatic heterocycles. The van der Waals surface area contributed by atoms with Crippen LogP contribution in [0.25, 0.3) is 5.95 Å². The molecule has 1 amide bonds. The molecule has 1 aromatic carbocycles. The van der Waals surface area contributed by atoms with Crippen LogP contribution in [0.3, 0.4) is 0 Å². The number of nitrogens with one attached hydrogen (secondary N) is 1. The molecule has 2 heterocycles. The monoisotopic (exact) mass is 321 g/mol. The van der Waals surface area contributed by atoms with Gasteiger partial charge in [-0.15, -0.1) is 0 Å². The third kappa shape index (κ3) is 3.17. The maximum Gasteiger partial charge on any atom is 0.256 e. The molecule has 122 valence electrons. The zero-order valence-corrected chi connectivity index (χ0v) is 14.2. The molecular weight excluding hydrogens is 302 g/mol. The summed E-state index contributed by atoms with van der Waals surface area (Å²) >= 11 is 0. The summed E-state index contributed by atoms with van der Waals surface area (Å²) in [6, 6.07) is 7.75. The largest absolute Gasteiger partial charge is 0.319 e. The van der Waals surface area contributed by atoms with Gasteiger partial charge in [-0.05, 0) is 45.4 Å². The molecule has 3 aromatic rings. The highest BCUT2D eigenvalue weighted by molar-refractivity contribution is 6.05. The van der Waals surface area contributed by atoms with Crippen molar-refractivity contribution in [2.24, 2.45) is 0 Å². The molecule has 0 aliphatic rings. The van der Waals surface area contributed by atoms with Gasteiger partial charge in [-0.25, -0.2) is 14.6 Å². The van der Waals surface area contributed by atoms with E-state index < -0.39 is 0 Å². The van der Waals surface area contributed by atoms with Crippen molar-refractivity contribution >= 4 is 11.6 Å². The molecule has 0 saturated heterocycles. The van der Waals surface area contributed by atoms with Crippen molar-refractivity contribution in [2.45, 2.75) is 27.7 Å². The fraction of sp³-hybridized carbons (Fsp3) is 0.222. The molecule has 6 nitrogen and oxygen atoms in total. The standard InChI is InChI=1S/C18H19N5O/c1-11-5-6-12(2)16(7-11)17(24)21-15-9-19-18(20-10-15)23-14(4)8-13(3)22-23/h5-10H,1-4H3,(H,21,24). The van der Waals surface area contributed by atoms with E-state index in [4.69, 9.17) is 0 Å². The molecule has 0 radical (unpaired) electrons. The molecule has 1 N–H and O–H groups in total. The Kier molecular flexibility index (Phi) is 4.12. The Bertz CT molecular complexity index is 896. The van der Waals surface area contributed by atoms with Crippen LogP contribution in [0, 0.1) is 27.7 Å². The number of aromatic nitrogens is 4. The number of amides is 1. The van der Waals surface area contributed by atoms with Crippen molar-refractivity contribution in [3.05, 3.63) is 64.7 Å². The first-order chi connectivity index (χ1) is 11.4. The van der Waals surface area contributed by atoms with Crippen molar-refractivity contribution in [2.75, 3.05) is 5.32 Å². The van der Waals surface area contributed by atoms with E-state index in [2.05, 4.69) is 20.4 Å². The zero-order valence-electron chi connectivity index (χ0n) is 14.2. The third-order valence-corrected chi connectivity index (χ3v) is 3.73. The molecule has 2 aromatic heterocycles. The molecule has 0 atom stereocenters. The second kappa shape index (κ2) is 6.23. The van der Waals surface area contributed by atoms with Crippen LogP contribution >= 0.6 is 0 Å². The summed E-state index contributed by atoms with van der Waals surface area (Å²) in [6.07, 6.45) is 3.17. The Morgan fingerprint density at radius 2 is 1.75 bits per heavy atom. The Balaban J connectivity index is 1.80. The van der Waals surface area contributed by atoms with E-state index in [0.717, 1.165) is 22.5 Å². The number of anilines is 1. The minimum Gasteiger partial charge on any atom is -0.319 e. The molecule has 0 bridgehead atoms. The lowest BCUT2D eigenvalue weighted by Gasteiger charge is -2.09. The molecule has 0 unspecified atom stereocenters. The van der Waals surface area contributed by atoms with E-state index in [0.29, 0.717) is 17.2 Å². The minimum absolute atomic E-state index is 0.168. The van der Waals surface area contributed by atoms with E-state index in [1.807, 2.05) is 52.0 Å². The Morgan fingerprint density at radius 1 is 1.04 bits per heavy atom. The predicted octanol–water partition coefficient (Wildman–Crippen LogP) is 3.15. The van der Waals surface area contributed by atoms with Crippen LogP contribution in [0.4, 0.5) is 5.69 Å². The van der Waals surface area contributed by atoms with Gasteiger partial charge >= 0.3 is 0 Å². The quantitative estimate of drug-likeness (QED) is 0.804. The number of nitrogens with zero attached hydrogens (tertiary/aromatic N) is 4. The van der Waals surface area contributed by atoms with Gasteiger partial charge in [0.2, 0.25) is 0 Å². The van der Waals surface area contributed by atoms with E-state index in [-0.39, 0.29) is 5.91 Å². The Morgan fingerprint density at radius 3 is 2.38 bits per heavy atom. The molecule has 0 spiro atoms. The maximum absolute atomic E-state index is 12.4. The van der Waals surface area contributed by atoms with Crippen molar-refractivity contribution in [3.63, 3.8) is 0 Å².